The molecule has 1 N–H and O–H groups in total. The third kappa shape index (κ3) is 2.45. The molecule has 1 saturated heterocycles. The second kappa shape index (κ2) is 5.13. The van der Waals surface area contributed by atoms with Crippen molar-refractivity contribution in [2.24, 2.45) is 0 Å². The molecule has 1 aliphatic rings. The van der Waals surface area contributed by atoms with Gasteiger partial charge >= 0.3 is 5.97 Å². The summed E-state index contributed by atoms with van der Waals surface area (Å²) in [5.74, 6) is -0.551. The van der Waals surface area contributed by atoms with E-state index < -0.39 is 12.1 Å². The van der Waals surface area contributed by atoms with Gasteiger partial charge in [-0.2, -0.15) is 0 Å². The number of hydrogen-bond acceptors (Lipinski definition) is 5. The predicted octanol–water partition coefficient (Wildman–Crippen LogP) is -0.0367. The fourth-order valence-electron chi connectivity index (χ4n) is 2.31. The maximum atomic E-state index is 12.4. The molecule has 2 aromatic heterocycles. The first-order valence-electron chi connectivity index (χ1n) is 6.51. The highest BCUT2D eigenvalue weighted by Gasteiger charge is 2.29. The number of morpholine rings is 1. The molecule has 1 amide bonds. The number of aliphatic carboxylic acids is 1. The number of nitrogens with zero attached hydrogens (tertiary/aromatic N) is 4. The molecule has 110 valence electrons. The van der Waals surface area contributed by atoms with Crippen LogP contribution in [-0.2, 0) is 9.53 Å². The highest BCUT2D eigenvalue weighted by Crippen LogP contribution is 2.13. The lowest BCUT2D eigenvalue weighted by Crippen LogP contribution is -2.48. The monoisotopic (exact) mass is 290 g/mol. The number of fused-ring (bicyclic) bond motifs is 1. The number of carboxylic acid groups (broad SMARTS) is 1. The van der Waals surface area contributed by atoms with Crippen molar-refractivity contribution in [1.29, 1.82) is 0 Å². The summed E-state index contributed by atoms with van der Waals surface area (Å²) in [7, 11) is 0. The Morgan fingerprint density at radius 1 is 1.43 bits per heavy atom. The van der Waals surface area contributed by atoms with Crippen LogP contribution in [0.1, 0.15) is 16.2 Å². The van der Waals surface area contributed by atoms with E-state index in [1.54, 1.807) is 22.7 Å². The number of ether oxygens (including phenoxy) is 1. The van der Waals surface area contributed by atoms with Crippen molar-refractivity contribution in [3.05, 3.63) is 29.7 Å². The highest BCUT2D eigenvalue weighted by molar-refractivity contribution is 5.95. The fraction of sp³-hybridized carbons (Fsp3) is 0.385. The molecule has 3 heterocycles. The van der Waals surface area contributed by atoms with Crippen LogP contribution in [0.25, 0.3) is 5.65 Å². The second-order valence-electron chi connectivity index (χ2n) is 4.84. The van der Waals surface area contributed by atoms with E-state index in [-0.39, 0.29) is 19.1 Å². The van der Waals surface area contributed by atoms with Crippen LogP contribution in [0.2, 0.25) is 0 Å². The number of carbonyl (C=O) groups is 2. The van der Waals surface area contributed by atoms with Crippen molar-refractivity contribution in [3.8, 4) is 0 Å². The Bertz CT molecular complexity index is 711. The molecule has 21 heavy (non-hydrogen) atoms. The average molecular weight is 290 g/mol. The number of pyridine rings is 1. The van der Waals surface area contributed by atoms with Gasteiger partial charge in [0.05, 0.1) is 13.2 Å². The van der Waals surface area contributed by atoms with Crippen molar-refractivity contribution >= 4 is 17.5 Å². The molecule has 1 unspecified atom stereocenters. The molecule has 3 rings (SSSR count). The molecular formula is C13H14N4O4. The predicted molar refractivity (Wildman–Crippen MR) is 71.0 cm³/mol. The van der Waals surface area contributed by atoms with E-state index in [1.165, 1.54) is 4.90 Å². The molecule has 2 aromatic rings. The molecule has 0 aliphatic carbocycles. The lowest BCUT2D eigenvalue weighted by Gasteiger charge is -2.30. The first-order valence-corrected chi connectivity index (χ1v) is 6.51. The van der Waals surface area contributed by atoms with Crippen LogP contribution in [0, 0.1) is 6.92 Å². The average Bonchev–Trinajstić information content (AvgIpc) is 2.87. The summed E-state index contributed by atoms with van der Waals surface area (Å²) < 4.78 is 6.88. The van der Waals surface area contributed by atoms with E-state index in [2.05, 4.69) is 10.2 Å². The summed E-state index contributed by atoms with van der Waals surface area (Å²) in [5.41, 5.74) is 1.04. The minimum absolute atomic E-state index is 0.0467. The van der Waals surface area contributed by atoms with E-state index in [0.717, 1.165) is 5.82 Å². The molecule has 8 heteroatoms. The van der Waals surface area contributed by atoms with E-state index >= 15 is 0 Å². The Kier molecular flexibility index (Phi) is 3.30. The van der Waals surface area contributed by atoms with Gasteiger partial charge in [-0.25, -0.2) is 4.79 Å². The van der Waals surface area contributed by atoms with Gasteiger partial charge in [0, 0.05) is 18.3 Å². The molecule has 1 aliphatic heterocycles. The summed E-state index contributed by atoms with van der Waals surface area (Å²) in [6, 6.07) is 3.32. The third-order valence-corrected chi connectivity index (χ3v) is 3.46. The number of amides is 1. The Hall–Kier alpha value is -2.48. The zero-order valence-electron chi connectivity index (χ0n) is 11.4. The molecule has 8 nitrogen and oxygen atoms in total. The Morgan fingerprint density at radius 2 is 2.24 bits per heavy atom. The fourth-order valence-corrected chi connectivity index (χ4v) is 2.31. The van der Waals surface area contributed by atoms with Gasteiger partial charge in [0.1, 0.15) is 5.82 Å². The number of aryl methyl sites for hydroxylation is 1. The van der Waals surface area contributed by atoms with Gasteiger partial charge in [-0.05, 0) is 19.1 Å². The van der Waals surface area contributed by atoms with Crippen molar-refractivity contribution in [3.63, 3.8) is 0 Å². The summed E-state index contributed by atoms with van der Waals surface area (Å²) in [6.07, 6.45) is 0.759. The molecule has 0 bridgehead atoms. The smallest absolute Gasteiger partial charge is 0.334 e. The van der Waals surface area contributed by atoms with E-state index in [4.69, 9.17) is 9.84 Å². The maximum Gasteiger partial charge on any atom is 0.334 e. The molecule has 0 aromatic carbocycles. The van der Waals surface area contributed by atoms with Gasteiger partial charge < -0.3 is 14.7 Å². The topological polar surface area (TPSA) is 97.0 Å². The van der Waals surface area contributed by atoms with Crippen LogP contribution >= 0.6 is 0 Å². The maximum absolute atomic E-state index is 12.4. The van der Waals surface area contributed by atoms with Crippen LogP contribution in [0.15, 0.2) is 18.3 Å². The van der Waals surface area contributed by atoms with Crippen LogP contribution in [0.3, 0.4) is 0 Å². The highest BCUT2D eigenvalue weighted by atomic mass is 16.5. The minimum Gasteiger partial charge on any atom is -0.479 e. The first kappa shape index (κ1) is 13.5. The van der Waals surface area contributed by atoms with Crippen LogP contribution in [0.4, 0.5) is 0 Å². The summed E-state index contributed by atoms with van der Waals surface area (Å²) in [5, 5.41) is 16.9. The van der Waals surface area contributed by atoms with Gasteiger partial charge in [0.15, 0.2) is 11.8 Å². The third-order valence-electron chi connectivity index (χ3n) is 3.46. The molecular weight excluding hydrogens is 276 g/mol. The Morgan fingerprint density at radius 3 is 3.00 bits per heavy atom. The number of hydrogen-bond donors (Lipinski definition) is 1. The van der Waals surface area contributed by atoms with Gasteiger partial charge in [-0.15, -0.1) is 10.2 Å². The van der Waals surface area contributed by atoms with Crippen molar-refractivity contribution in [2.75, 3.05) is 19.7 Å². The van der Waals surface area contributed by atoms with Gasteiger partial charge in [-0.3, -0.25) is 9.20 Å². The minimum atomic E-state index is -1.06. The van der Waals surface area contributed by atoms with Crippen LogP contribution in [0.5, 0.6) is 0 Å². The standard InChI is InChI=1S/C13H14N4O4/c1-8-14-15-11-6-9(2-3-17(8)11)12(18)16-4-5-21-10(7-16)13(19)20/h2-3,6,10H,4-5,7H2,1H3,(H,19,20). The number of carboxylic acids is 1. The number of rotatable bonds is 2. The first-order chi connectivity index (χ1) is 10.1. The largest absolute Gasteiger partial charge is 0.479 e. The molecule has 0 saturated carbocycles. The molecule has 1 fully saturated rings. The lowest BCUT2D eigenvalue weighted by atomic mass is 10.2. The van der Waals surface area contributed by atoms with E-state index in [9.17, 15) is 9.59 Å². The number of carbonyl (C=O) groups excluding carboxylic acids is 1. The quantitative estimate of drug-likeness (QED) is 0.833. The lowest BCUT2D eigenvalue weighted by molar-refractivity contribution is -0.154. The van der Waals surface area contributed by atoms with Crippen molar-refractivity contribution in [1.82, 2.24) is 19.5 Å². The van der Waals surface area contributed by atoms with Crippen molar-refractivity contribution in [2.45, 2.75) is 13.0 Å². The van der Waals surface area contributed by atoms with Crippen LogP contribution < -0.4 is 0 Å². The van der Waals surface area contributed by atoms with Crippen molar-refractivity contribution < 1.29 is 19.4 Å². The SMILES string of the molecule is Cc1nnc2cc(C(=O)N3CCOC(C(=O)O)C3)ccn12. The van der Waals surface area contributed by atoms with E-state index in [0.29, 0.717) is 17.8 Å². The second-order valence-corrected chi connectivity index (χ2v) is 4.84. The summed E-state index contributed by atoms with van der Waals surface area (Å²) in [6.45, 7) is 2.46. The zero-order chi connectivity index (χ0) is 15.0. The van der Waals surface area contributed by atoms with Gasteiger partial charge in [-0.1, -0.05) is 0 Å². The van der Waals surface area contributed by atoms with E-state index in [1.807, 2.05) is 6.92 Å². The summed E-state index contributed by atoms with van der Waals surface area (Å²) >= 11 is 0. The van der Waals surface area contributed by atoms with Crippen LogP contribution in [-0.4, -0.2) is 62.3 Å². The Labute approximate surface area is 119 Å². The molecule has 0 radical (unpaired) electrons. The number of aromatic nitrogens is 3. The normalized spacial score (nSPS) is 18.9. The summed E-state index contributed by atoms with van der Waals surface area (Å²) in [4.78, 5) is 24.9. The van der Waals surface area contributed by atoms with Gasteiger partial charge in [0.25, 0.3) is 5.91 Å². The van der Waals surface area contributed by atoms with Gasteiger partial charge in [0.2, 0.25) is 0 Å². The zero-order valence-corrected chi connectivity index (χ0v) is 11.4. The Balaban J connectivity index is 1.84. The molecule has 0 spiro atoms. The molecule has 1 atom stereocenters.